The summed E-state index contributed by atoms with van der Waals surface area (Å²) in [6.45, 7) is 2.92. The summed E-state index contributed by atoms with van der Waals surface area (Å²) >= 11 is 8.69. The van der Waals surface area contributed by atoms with Crippen LogP contribution >= 0.6 is 34.7 Å². The minimum Gasteiger partial charge on any atom is -0.376 e. The maximum atomic E-state index is 12.9. The number of aromatic nitrogens is 3. The van der Waals surface area contributed by atoms with E-state index in [1.54, 1.807) is 31.2 Å². The number of nitrogens with zero attached hydrogens (tertiary/aromatic N) is 3. The Morgan fingerprint density at radius 1 is 1.31 bits per heavy atom. The molecule has 32 heavy (non-hydrogen) atoms. The molecule has 3 heterocycles. The van der Waals surface area contributed by atoms with Gasteiger partial charge in [0.25, 0.3) is 5.91 Å². The van der Waals surface area contributed by atoms with Crippen molar-refractivity contribution in [3.05, 3.63) is 40.6 Å². The minimum atomic E-state index is -0.430. The first-order chi connectivity index (χ1) is 15.5. The minimum absolute atomic E-state index is 0.101. The summed E-state index contributed by atoms with van der Waals surface area (Å²) in [4.78, 5) is 24.9. The molecule has 2 amide bonds. The van der Waals surface area contributed by atoms with Crippen molar-refractivity contribution in [1.82, 2.24) is 20.7 Å². The molecule has 1 fully saturated rings. The van der Waals surface area contributed by atoms with Gasteiger partial charge in [0.15, 0.2) is 4.34 Å². The first kappa shape index (κ1) is 22.7. The maximum Gasteiger partial charge on any atom is 0.263 e. The third-order valence-electron chi connectivity index (χ3n) is 4.72. The van der Waals surface area contributed by atoms with Gasteiger partial charge in [0.05, 0.1) is 16.9 Å². The molecule has 2 aromatic heterocycles. The molecule has 168 valence electrons. The summed E-state index contributed by atoms with van der Waals surface area (Å²) < 4.78 is 11.3. The van der Waals surface area contributed by atoms with E-state index < -0.39 is 5.91 Å². The molecule has 1 aliphatic rings. The molecule has 2 N–H and O–H groups in total. The number of hydrogen-bond acceptors (Lipinski definition) is 9. The van der Waals surface area contributed by atoms with E-state index in [4.69, 9.17) is 20.9 Å². The van der Waals surface area contributed by atoms with E-state index in [1.807, 2.05) is 0 Å². The highest BCUT2D eigenvalue weighted by molar-refractivity contribution is 8.01. The highest BCUT2D eigenvalue weighted by atomic mass is 35.5. The van der Waals surface area contributed by atoms with Crippen molar-refractivity contribution in [2.24, 2.45) is 0 Å². The monoisotopic (exact) mass is 493 g/mol. The van der Waals surface area contributed by atoms with Crippen LogP contribution in [0.15, 0.2) is 33.1 Å². The molecule has 0 unspecified atom stereocenters. The summed E-state index contributed by atoms with van der Waals surface area (Å²) in [6, 6.07) is 7.08. The molecule has 1 saturated heterocycles. The summed E-state index contributed by atoms with van der Waals surface area (Å²) in [6.07, 6.45) is 2.10. The van der Waals surface area contributed by atoms with E-state index in [0.717, 1.165) is 19.4 Å². The summed E-state index contributed by atoms with van der Waals surface area (Å²) in [7, 11) is 0. The number of benzene rings is 1. The Labute approximate surface area is 197 Å². The van der Waals surface area contributed by atoms with Crippen LogP contribution in [0.1, 0.15) is 29.0 Å². The number of ether oxygens (including phenoxy) is 1. The molecule has 1 atom stereocenters. The molecule has 1 aliphatic heterocycles. The molecular weight excluding hydrogens is 474 g/mol. The van der Waals surface area contributed by atoms with Crippen LogP contribution in [0.3, 0.4) is 0 Å². The molecule has 12 heteroatoms. The number of amides is 2. The average Bonchev–Trinajstić information content (AvgIpc) is 3.52. The molecule has 0 aliphatic carbocycles. The van der Waals surface area contributed by atoms with Crippen molar-refractivity contribution in [3.63, 3.8) is 0 Å². The number of nitrogens with one attached hydrogen (secondary N) is 2. The van der Waals surface area contributed by atoms with Crippen LogP contribution < -0.4 is 10.6 Å². The predicted molar refractivity (Wildman–Crippen MR) is 122 cm³/mol. The number of hydrogen-bond donors (Lipinski definition) is 2. The lowest BCUT2D eigenvalue weighted by Gasteiger charge is -2.09. The van der Waals surface area contributed by atoms with Crippen molar-refractivity contribution in [2.75, 3.05) is 24.2 Å². The Balaban J connectivity index is 1.35. The SMILES string of the molecule is Cc1onc(-c2ccccc2Cl)c1C(=O)Nc1nnc(SCC(=O)NC[C@H]2CCCO2)s1. The van der Waals surface area contributed by atoms with Crippen LogP contribution in [0.2, 0.25) is 5.02 Å². The van der Waals surface area contributed by atoms with Gasteiger partial charge in [-0.25, -0.2) is 0 Å². The lowest BCUT2D eigenvalue weighted by Crippen LogP contribution is -2.32. The highest BCUT2D eigenvalue weighted by Crippen LogP contribution is 2.32. The van der Waals surface area contributed by atoms with Crippen LogP contribution in [0.5, 0.6) is 0 Å². The van der Waals surface area contributed by atoms with E-state index in [-0.39, 0.29) is 23.3 Å². The van der Waals surface area contributed by atoms with Crippen molar-refractivity contribution < 1.29 is 18.8 Å². The Bertz CT molecular complexity index is 1110. The van der Waals surface area contributed by atoms with Gasteiger partial charge in [-0.1, -0.05) is 58.1 Å². The zero-order valence-electron chi connectivity index (χ0n) is 17.1. The number of carbonyl (C=O) groups is 2. The normalized spacial score (nSPS) is 15.6. The van der Waals surface area contributed by atoms with Crippen molar-refractivity contribution in [2.45, 2.75) is 30.2 Å². The third-order valence-corrected chi connectivity index (χ3v) is 7.02. The van der Waals surface area contributed by atoms with Crippen LogP contribution in [-0.2, 0) is 9.53 Å². The topological polar surface area (TPSA) is 119 Å². The Hall–Kier alpha value is -2.47. The standard InChI is InChI=1S/C20H20ClN5O4S2/c1-11-16(17(26-30-11)13-6-2-3-7-14(13)21)18(28)23-19-24-25-20(32-19)31-10-15(27)22-9-12-5-4-8-29-12/h2-3,6-7,12H,4-5,8-10H2,1H3,(H,22,27)(H,23,24,28)/t12-/m1/s1. The van der Waals surface area contributed by atoms with Gasteiger partial charge >= 0.3 is 0 Å². The summed E-state index contributed by atoms with van der Waals surface area (Å²) in [5, 5.41) is 18.4. The van der Waals surface area contributed by atoms with Crippen molar-refractivity contribution in [1.29, 1.82) is 0 Å². The molecule has 4 rings (SSSR count). The van der Waals surface area contributed by atoms with E-state index in [9.17, 15) is 9.59 Å². The van der Waals surface area contributed by atoms with Gasteiger partial charge in [0.1, 0.15) is 17.0 Å². The summed E-state index contributed by atoms with van der Waals surface area (Å²) in [5.74, 6) is 0.0346. The molecule has 0 bridgehead atoms. The number of halogens is 1. The van der Waals surface area contributed by atoms with Crippen LogP contribution in [0, 0.1) is 6.92 Å². The van der Waals surface area contributed by atoms with Crippen LogP contribution in [0.25, 0.3) is 11.3 Å². The summed E-state index contributed by atoms with van der Waals surface area (Å²) in [5.41, 5.74) is 1.22. The largest absolute Gasteiger partial charge is 0.376 e. The van der Waals surface area contributed by atoms with Crippen LogP contribution in [0.4, 0.5) is 5.13 Å². The Morgan fingerprint density at radius 2 is 2.16 bits per heavy atom. The second-order valence-corrected chi connectivity index (χ2v) is 9.60. The fourth-order valence-corrected chi connectivity index (χ4v) is 4.97. The molecule has 0 spiro atoms. The maximum absolute atomic E-state index is 12.9. The van der Waals surface area contributed by atoms with Crippen molar-refractivity contribution >= 4 is 51.6 Å². The lowest BCUT2D eigenvalue weighted by molar-refractivity contribution is -0.119. The van der Waals surface area contributed by atoms with Gasteiger partial charge in [0, 0.05) is 18.7 Å². The number of aryl methyl sites for hydroxylation is 1. The molecule has 0 radical (unpaired) electrons. The van der Waals surface area contributed by atoms with Gasteiger partial charge in [-0.05, 0) is 25.8 Å². The van der Waals surface area contributed by atoms with Crippen molar-refractivity contribution in [3.8, 4) is 11.3 Å². The Morgan fingerprint density at radius 3 is 2.94 bits per heavy atom. The molecule has 0 saturated carbocycles. The van der Waals surface area contributed by atoms with Gasteiger partial charge in [-0.15, -0.1) is 10.2 Å². The quantitative estimate of drug-likeness (QED) is 0.359. The second-order valence-electron chi connectivity index (χ2n) is 7.00. The fourth-order valence-electron chi connectivity index (χ4n) is 3.17. The molecule has 9 nitrogen and oxygen atoms in total. The lowest BCUT2D eigenvalue weighted by atomic mass is 10.1. The number of rotatable bonds is 8. The third kappa shape index (κ3) is 5.47. The van der Waals surface area contributed by atoms with E-state index in [0.29, 0.717) is 38.1 Å². The number of anilines is 1. The van der Waals surface area contributed by atoms with Gasteiger partial charge in [0.2, 0.25) is 11.0 Å². The molecule has 3 aromatic rings. The fraction of sp³-hybridized carbons (Fsp3) is 0.350. The number of thioether (sulfide) groups is 1. The van der Waals surface area contributed by atoms with Gasteiger partial charge in [-0.2, -0.15) is 0 Å². The van der Waals surface area contributed by atoms with Crippen LogP contribution in [-0.4, -0.2) is 52.2 Å². The Kier molecular flexibility index (Phi) is 7.40. The zero-order valence-corrected chi connectivity index (χ0v) is 19.5. The van der Waals surface area contributed by atoms with Gasteiger partial charge in [-0.3, -0.25) is 14.9 Å². The van der Waals surface area contributed by atoms with E-state index in [2.05, 4.69) is 26.0 Å². The van der Waals surface area contributed by atoms with Gasteiger partial charge < -0.3 is 14.6 Å². The van der Waals surface area contributed by atoms with E-state index in [1.165, 1.54) is 23.1 Å². The zero-order chi connectivity index (χ0) is 22.5. The first-order valence-electron chi connectivity index (χ1n) is 9.88. The van der Waals surface area contributed by atoms with E-state index >= 15 is 0 Å². The average molecular weight is 494 g/mol. The molecule has 1 aromatic carbocycles. The highest BCUT2D eigenvalue weighted by Gasteiger charge is 2.24. The molecular formula is C20H20ClN5O4S2. The first-order valence-corrected chi connectivity index (χ1v) is 12.1. The predicted octanol–water partition coefficient (Wildman–Crippen LogP) is 3.79. The second kappa shape index (κ2) is 10.4. The smallest absolute Gasteiger partial charge is 0.263 e. The number of carbonyl (C=O) groups excluding carboxylic acids is 2.